The zero-order valence-corrected chi connectivity index (χ0v) is 11.8. The predicted molar refractivity (Wildman–Crippen MR) is 73.5 cm³/mol. The molecule has 3 nitrogen and oxygen atoms in total. The second kappa shape index (κ2) is 7.24. The van der Waals surface area contributed by atoms with Gasteiger partial charge in [-0.15, -0.1) is 0 Å². The number of carboxylic acids is 1. The van der Waals surface area contributed by atoms with Gasteiger partial charge in [-0.1, -0.05) is 32.9 Å². The van der Waals surface area contributed by atoms with Crippen LogP contribution in [-0.4, -0.2) is 29.1 Å². The van der Waals surface area contributed by atoms with Crippen LogP contribution in [0.4, 0.5) is 4.39 Å². The highest BCUT2D eigenvalue weighted by Gasteiger charge is 2.21. The quantitative estimate of drug-likeness (QED) is 0.824. The second-order valence-corrected chi connectivity index (χ2v) is 5.19. The monoisotopic (exact) mass is 267 g/mol. The number of hydrogen-bond acceptors (Lipinski definition) is 2. The van der Waals surface area contributed by atoms with E-state index in [1.165, 1.54) is 12.1 Å². The number of hydrogen-bond donors (Lipinski definition) is 1. The molecule has 1 aromatic rings. The summed E-state index contributed by atoms with van der Waals surface area (Å²) in [5.74, 6) is -0.720. The Hall–Kier alpha value is -1.42. The van der Waals surface area contributed by atoms with E-state index in [4.69, 9.17) is 5.11 Å². The van der Waals surface area contributed by atoms with Gasteiger partial charge in [-0.3, -0.25) is 9.69 Å². The molecule has 1 N–H and O–H groups in total. The molecule has 1 unspecified atom stereocenters. The Morgan fingerprint density at radius 1 is 1.32 bits per heavy atom. The van der Waals surface area contributed by atoms with Crippen molar-refractivity contribution in [3.05, 3.63) is 35.6 Å². The van der Waals surface area contributed by atoms with E-state index in [2.05, 4.69) is 13.8 Å². The maximum atomic E-state index is 13.0. The van der Waals surface area contributed by atoms with Crippen LogP contribution in [0.1, 0.15) is 38.8 Å². The first-order valence-electron chi connectivity index (χ1n) is 6.65. The molecule has 19 heavy (non-hydrogen) atoms. The largest absolute Gasteiger partial charge is 0.480 e. The summed E-state index contributed by atoms with van der Waals surface area (Å²) in [6.07, 6.45) is 0.797. The molecule has 1 aromatic carbocycles. The number of aliphatic carboxylic acids is 1. The minimum Gasteiger partial charge on any atom is -0.480 e. The lowest BCUT2D eigenvalue weighted by molar-refractivity contribution is -0.139. The van der Waals surface area contributed by atoms with E-state index >= 15 is 0 Å². The summed E-state index contributed by atoms with van der Waals surface area (Å²) in [5, 5.41) is 9.03. The molecule has 0 aliphatic rings. The lowest BCUT2D eigenvalue weighted by Gasteiger charge is -2.31. The number of halogens is 1. The van der Waals surface area contributed by atoms with Crippen molar-refractivity contribution in [2.45, 2.75) is 33.2 Å². The third-order valence-corrected chi connectivity index (χ3v) is 3.02. The van der Waals surface area contributed by atoms with Gasteiger partial charge in [-0.25, -0.2) is 4.39 Å². The maximum absolute atomic E-state index is 13.0. The number of rotatable bonds is 7. The molecule has 4 heteroatoms. The fourth-order valence-electron chi connectivity index (χ4n) is 2.33. The van der Waals surface area contributed by atoms with Gasteiger partial charge in [0.15, 0.2) is 0 Å². The highest BCUT2D eigenvalue weighted by molar-refractivity contribution is 5.69. The van der Waals surface area contributed by atoms with Crippen LogP contribution >= 0.6 is 0 Å². The molecular formula is C15H22FNO2. The van der Waals surface area contributed by atoms with Gasteiger partial charge >= 0.3 is 5.97 Å². The Labute approximate surface area is 114 Å². The highest BCUT2D eigenvalue weighted by Crippen LogP contribution is 2.25. The summed E-state index contributed by atoms with van der Waals surface area (Å²) in [4.78, 5) is 12.9. The topological polar surface area (TPSA) is 40.5 Å². The van der Waals surface area contributed by atoms with Crippen LogP contribution < -0.4 is 0 Å². The molecule has 0 spiro atoms. The smallest absolute Gasteiger partial charge is 0.317 e. The van der Waals surface area contributed by atoms with Crippen LogP contribution in [0.15, 0.2) is 24.3 Å². The van der Waals surface area contributed by atoms with Crippen LogP contribution in [0, 0.1) is 11.7 Å². The molecule has 0 aromatic heterocycles. The van der Waals surface area contributed by atoms with Crippen LogP contribution in [0.3, 0.4) is 0 Å². The molecule has 1 rings (SSSR count). The molecule has 0 amide bonds. The first-order valence-corrected chi connectivity index (χ1v) is 6.65. The van der Waals surface area contributed by atoms with Crippen LogP contribution in [0.5, 0.6) is 0 Å². The van der Waals surface area contributed by atoms with E-state index < -0.39 is 5.97 Å². The van der Waals surface area contributed by atoms with Crippen molar-refractivity contribution in [3.8, 4) is 0 Å². The summed E-state index contributed by atoms with van der Waals surface area (Å²) < 4.78 is 13.0. The van der Waals surface area contributed by atoms with E-state index in [1.807, 2.05) is 11.8 Å². The van der Waals surface area contributed by atoms with E-state index in [0.29, 0.717) is 12.5 Å². The molecule has 0 radical (unpaired) electrons. The number of benzene rings is 1. The molecule has 0 heterocycles. The minimum absolute atomic E-state index is 0.00800. The standard InChI is InChI=1S/C15H22FNO2/c1-4-14(12-5-7-13(16)8-6-12)17(9-11(2)3)10-15(18)19/h5-8,11,14H,4,9-10H2,1-3H3,(H,18,19). The Kier molecular flexibility index (Phi) is 5.96. The van der Waals surface area contributed by atoms with E-state index in [0.717, 1.165) is 12.0 Å². The van der Waals surface area contributed by atoms with Crippen molar-refractivity contribution in [1.82, 2.24) is 4.90 Å². The van der Waals surface area contributed by atoms with Crippen molar-refractivity contribution >= 4 is 5.97 Å². The zero-order valence-electron chi connectivity index (χ0n) is 11.8. The Morgan fingerprint density at radius 3 is 2.32 bits per heavy atom. The minimum atomic E-state index is -0.832. The fraction of sp³-hybridized carbons (Fsp3) is 0.533. The van der Waals surface area contributed by atoms with Gasteiger partial charge in [0, 0.05) is 12.6 Å². The van der Waals surface area contributed by atoms with Crippen molar-refractivity contribution in [2.24, 2.45) is 5.92 Å². The third-order valence-electron chi connectivity index (χ3n) is 3.02. The van der Waals surface area contributed by atoms with Crippen LogP contribution in [0.2, 0.25) is 0 Å². The lowest BCUT2D eigenvalue weighted by Crippen LogP contribution is -2.36. The van der Waals surface area contributed by atoms with Crippen LogP contribution in [0.25, 0.3) is 0 Å². The number of carbonyl (C=O) groups is 1. The van der Waals surface area contributed by atoms with Crippen LogP contribution in [-0.2, 0) is 4.79 Å². The molecule has 0 fully saturated rings. The number of carboxylic acid groups (broad SMARTS) is 1. The van der Waals surface area contributed by atoms with E-state index in [-0.39, 0.29) is 18.4 Å². The molecule has 106 valence electrons. The summed E-state index contributed by atoms with van der Waals surface area (Å²) in [7, 11) is 0. The molecule has 0 aliphatic heterocycles. The van der Waals surface area contributed by atoms with E-state index in [9.17, 15) is 9.18 Å². The van der Waals surface area contributed by atoms with Gasteiger partial charge < -0.3 is 5.11 Å². The Morgan fingerprint density at radius 2 is 1.89 bits per heavy atom. The van der Waals surface area contributed by atoms with Crippen molar-refractivity contribution < 1.29 is 14.3 Å². The fourth-order valence-corrected chi connectivity index (χ4v) is 2.33. The predicted octanol–water partition coefficient (Wildman–Crippen LogP) is 3.32. The van der Waals surface area contributed by atoms with Gasteiger partial charge in [0.2, 0.25) is 0 Å². The van der Waals surface area contributed by atoms with Gasteiger partial charge in [0.05, 0.1) is 6.54 Å². The molecule has 0 saturated heterocycles. The molecule has 1 atom stereocenters. The first kappa shape index (κ1) is 15.6. The zero-order chi connectivity index (χ0) is 14.4. The van der Waals surface area contributed by atoms with Gasteiger partial charge in [-0.05, 0) is 30.0 Å². The summed E-state index contributed by atoms with van der Waals surface area (Å²) >= 11 is 0. The van der Waals surface area contributed by atoms with Crippen molar-refractivity contribution in [2.75, 3.05) is 13.1 Å². The van der Waals surface area contributed by atoms with Gasteiger partial charge in [0.25, 0.3) is 0 Å². The summed E-state index contributed by atoms with van der Waals surface area (Å²) in [6, 6.07) is 6.33. The highest BCUT2D eigenvalue weighted by atomic mass is 19.1. The Bertz CT molecular complexity index is 403. The second-order valence-electron chi connectivity index (χ2n) is 5.19. The van der Waals surface area contributed by atoms with Gasteiger partial charge in [-0.2, -0.15) is 0 Å². The Balaban J connectivity index is 2.94. The average Bonchev–Trinajstić information content (AvgIpc) is 2.30. The SMILES string of the molecule is CCC(c1ccc(F)cc1)N(CC(=O)O)CC(C)C. The molecule has 0 saturated carbocycles. The molecule has 0 aliphatic carbocycles. The average molecular weight is 267 g/mol. The normalized spacial score (nSPS) is 12.9. The van der Waals surface area contributed by atoms with Gasteiger partial charge in [0.1, 0.15) is 5.82 Å². The van der Waals surface area contributed by atoms with Crippen molar-refractivity contribution in [3.63, 3.8) is 0 Å². The third kappa shape index (κ3) is 4.99. The molecular weight excluding hydrogens is 245 g/mol. The number of nitrogens with zero attached hydrogens (tertiary/aromatic N) is 1. The summed E-state index contributed by atoms with van der Waals surface area (Å²) in [6.45, 7) is 6.86. The maximum Gasteiger partial charge on any atom is 0.317 e. The summed E-state index contributed by atoms with van der Waals surface area (Å²) in [5.41, 5.74) is 0.964. The first-order chi connectivity index (χ1) is 8.93. The lowest BCUT2D eigenvalue weighted by atomic mass is 10.0. The van der Waals surface area contributed by atoms with E-state index in [1.54, 1.807) is 12.1 Å². The molecule has 0 bridgehead atoms. The van der Waals surface area contributed by atoms with Crippen molar-refractivity contribution in [1.29, 1.82) is 0 Å².